The molecule has 1 rings (SSSR count). The van der Waals surface area contributed by atoms with Crippen LogP contribution >= 0.6 is 0 Å². The highest BCUT2D eigenvalue weighted by atomic mass is 16.6. The Morgan fingerprint density at radius 3 is 2.67 bits per heavy atom. The maximum absolute atomic E-state index is 10.7. The monoisotopic (exact) mass is 253 g/mol. The van der Waals surface area contributed by atoms with Crippen LogP contribution in [0.15, 0.2) is 12.3 Å². The van der Waals surface area contributed by atoms with Gasteiger partial charge in [-0.15, -0.1) is 0 Å². The molecule has 1 N–H and O–H groups in total. The van der Waals surface area contributed by atoms with Gasteiger partial charge in [0.2, 0.25) is 0 Å². The quantitative estimate of drug-likeness (QED) is 0.622. The number of nitrogens with one attached hydrogen (secondary N) is 1. The van der Waals surface area contributed by atoms with Crippen LogP contribution in [0.1, 0.15) is 19.4 Å². The highest BCUT2D eigenvalue weighted by Crippen LogP contribution is 2.20. The SMILES string of the molecule is COCC(Nc1cc(C)c([N+](=O)[O-])cn1)C(C)C. The van der Waals surface area contributed by atoms with Crippen LogP contribution < -0.4 is 5.32 Å². The first-order chi connectivity index (χ1) is 8.45. The lowest BCUT2D eigenvalue weighted by Crippen LogP contribution is -2.30. The summed E-state index contributed by atoms with van der Waals surface area (Å²) < 4.78 is 5.13. The Bertz CT molecular complexity index is 421. The van der Waals surface area contributed by atoms with E-state index in [0.717, 1.165) is 0 Å². The molecule has 1 atom stereocenters. The number of methoxy groups -OCH3 is 1. The predicted molar refractivity (Wildman–Crippen MR) is 69.8 cm³/mol. The second-order valence-corrected chi connectivity index (χ2v) is 4.56. The van der Waals surface area contributed by atoms with E-state index in [9.17, 15) is 10.1 Å². The maximum atomic E-state index is 10.7. The van der Waals surface area contributed by atoms with Crippen molar-refractivity contribution in [3.05, 3.63) is 27.9 Å². The van der Waals surface area contributed by atoms with Crippen LogP contribution in [0.2, 0.25) is 0 Å². The summed E-state index contributed by atoms with van der Waals surface area (Å²) in [5.74, 6) is 1.01. The molecular formula is C12H19N3O3. The van der Waals surface area contributed by atoms with Gasteiger partial charge in [0.1, 0.15) is 12.0 Å². The van der Waals surface area contributed by atoms with E-state index < -0.39 is 4.92 Å². The summed E-state index contributed by atoms with van der Waals surface area (Å²) in [6.07, 6.45) is 1.28. The van der Waals surface area contributed by atoms with Gasteiger partial charge < -0.3 is 10.1 Å². The minimum atomic E-state index is -0.429. The summed E-state index contributed by atoms with van der Waals surface area (Å²) in [7, 11) is 1.64. The molecule has 0 aliphatic heterocycles. The molecule has 100 valence electrons. The van der Waals surface area contributed by atoms with Crippen molar-refractivity contribution in [2.24, 2.45) is 5.92 Å². The van der Waals surface area contributed by atoms with Gasteiger partial charge in [0.05, 0.1) is 17.6 Å². The standard InChI is InChI=1S/C12H19N3O3/c1-8(2)10(7-18-4)14-12-5-9(3)11(6-13-12)15(16)17/h5-6,8,10H,7H2,1-4H3,(H,13,14). The van der Waals surface area contributed by atoms with Crippen molar-refractivity contribution >= 4 is 11.5 Å². The Labute approximate surface area is 107 Å². The average molecular weight is 253 g/mol. The second kappa shape index (κ2) is 6.30. The lowest BCUT2D eigenvalue weighted by atomic mass is 10.1. The van der Waals surface area contributed by atoms with Crippen LogP contribution in [0, 0.1) is 23.0 Å². The summed E-state index contributed by atoms with van der Waals surface area (Å²) in [4.78, 5) is 14.3. The van der Waals surface area contributed by atoms with Crippen molar-refractivity contribution in [2.75, 3.05) is 19.0 Å². The zero-order valence-corrected chi connectivity index (χ0v) is 11.1. The fourth-order valence-electron chi connectivity index (χ4n) is 1.59. The molecule has 1 aromatic heterocycles. The Kier molecular flexibility index (Phi) is 5.03. The molecule has 0 aliphatic carbocycles. The summed E-state index contributed by atoms with van der Waals surface area (Å²) in [5, 5.41) is 13.9. The number of anilines is 1. The Hall–Kier alpha value is -1.69. The zero-order chi connectivity index (χ0) is 13.7. The number of nitro groups is 1. The van der Waals surface area contributed by atoms with Gasteiger partial charge in [0.15, 0.2) is 0 Å². The molecule has 6 nitrogen and oxygen atoms in total. The van der Waals surface area contributed by atoms with Crippen molar-refractivity contribution < 1.29 is 9.66 Å². The molecule has 0 spiro atoms. The van der Waals surface area contributed by atoms with E-state index in [-0.39, 0.29) is 11.7 Å². The predicted octanol–water partition coefficient (Wildman–Crippen LogP) is 2.38. The molecule has 0 fully saturated rings. The first kappa shape index (κ1) is 14.4. The Balaban J connectivity index is 2.84. The number of aromatic nitrogens is 1. The first-order valence-corrected chi connectivity index (χ1v) is 5.82. The minimum absolute atomic E-state index is 0.0355. The summed E-state index contributed by atoms with van der Waals surface area (Å²) in [6.45, 7) is 6.42. The Morgan fingerprint density at radius 1 is 1.56 bits per heavy atom. The molecule has 6 heteroatoms. The fourth-order valence-corrected chi connectivity index (χ4v) is 1.59. The normalized spacial score (nSPS) is 12.5. The van der Waals surface area contributed by atoms with E-state index >= 15 is 0 Å². The van der Waals surface area contributed by atoms with Gasteiger partial charge in [0.25, 0.3) is 5.69 Å². The van der Waals surface area contributed by atoms with E-state index in [1.54, 1.807) is 20.1 Å². The minimum Gasteiger partial charge on any atom is -0.383 e. The molecule has 1 unspecified atom stereocenters. The largest absolute Gasteiger partial charge is 0.383 e. The lowest BCUT2D eigenvalue weighted by Gasteiger charge is -2.22. The first-order valence-electron chi connectivity index (χ1n) is 5.82. The third-order valence-corrected chi connectivity index (χ3v) is 2.76. The van der Waals surface area contributed by atoms with E-state index in [0.29, 0.717) is 23.9 Å². The smallest absolute Gasteiger partial charge is 0.290 e. The number of pyridine rings is 1. The van der Waals surface area contributed by atoms with Crippen molar-refractivity contribution in [3.8, 4) is 0 Å². The number of aryl methyl sites for hydroxylation is 1. The van der Waals surface area contributed by atoms with Crippen LogP contribution in [0.3, 0.4) is 0 Å². The van der Waals surface area contributed by atoms with E-state index in [4.69, 9.17) is 4.74 Å². The lowest BCUT2D eigenvalue weighted by molar-refractivity contribution is -0.385. The molecule has 18 heavy (non-hydrogen) atoms. The topological polar surface area (TPSA) is 77.3 Å². The fraction of sp³-hybridized carbons (Fsp3) is 0.583. The molecule has 0 saturated heterocycles. The van der Waals surface area contributed by atoms with Crippen LogP contribution in [0.4, 0.5) is 11.5 Å². The van der Waals surface area contributed by atoms with E-state index in [2.05, 4.69) is 24.1 Å². The van der Waals surface area contributed by atoms with Gasteiger partial charge in [0, 0.05) is 12.7 Å². The summed E-state index contributed by atoms with van der Waals surface area (Å²) in [5.41, 5.74) is 0.630. The third kappa shape index (κ3) is 3.66. The number of ether oxygens (including phenoxy) is 1. The molecule has 0 aliphatic rings. The summed E-state index contributed by atoms with van der Waals surface area (Å²) in [6, 6.07) is 1.81. The van der Waals surface area contributed by atoms with Gasteiger partial charge in [-0.2, -0.15) is 0 Å². The highest BCUT2D eigenvalue weighted by Gasteiger charge is 2.16. The van der Waals surface area contributed by atoms with Crippen LogP contribution in [0.25, 0.3) is 0 Å². The number of hydrogen-bond acceptors (Lipinski definition) is 5. The van der Waals surface area contributed by atoms with Crippen molar-refractivity contribution in [3.63, 3.8) is 0 Å². The van der Waals surface area contributed by atoms with Gasteiger partial charge in [-0.3, -0.25) is 10.1 Å². The Morgan fingerprint density at radius 2 is 2.22 bits per heavy atom. The molecule has 1 aromatic rings. The van der Waals surface area contributed by atoms with Gasteiger partial charge >= 0.3 is 0 Å². The highest BCUT2D eigenvalue weighted by molar-refractivity contribution is 5.47. The molecule has 0 bridgehead atoms. The number of hydrogen-bond donors (Lipinski definition) is 1. The molecular weight excluding hydrogens is 234 g/mol. The van der Waals surface area contributed by atoms with Crippen molar-refractivity contribution in [1.29, 1.82) is 0 Å². The van der Waals surface area contributed by atoms with Crippen LogP contribution in [0.5, 0.6) is 0 Å². The maximum Gasteiger partial charge on any atom is 0.290 e. The van der Waals surface area contributed by atoms with E-state index in [1.165, 1.54) is 6.20 Å². The third-order valence-electron chi connectivity index (χ3n) is 2.76. The van der Waals surface area contributed by atoms with Crippen LogP contribution in [-0.2, 0) is 4.74 Å². The zero-order valence-electron chi connectivity index (χ0n) is 11.1. The van der Waals surface area contributed by atoms with Gasteiger partial charge in [-0.05, 0) is 18.9 Å². The molecule has 0 saturated carbocycles. The van der Waals surface area contributed by atoms with Crippen molar-refractivity contribution in [1.82, 2.24) is 4.98 Å². The molecule has 1 heterocycles. The average Bonchev–Trinajstić information content (AvgIpc) is 2.27. The van der Waals surface area contributed by atoms with Crippen LogP contribution in [-0.4, -0.2) is 29.7 Å². The number of nitrogens with zero attached hydrogens (tertiary/aromatic N) is 2. The number of rotatable bonds is 6. The summed E-state index contributed by atoms with van der Waals surface area (Å²) >= 11 is 0. The molecule has 0 aromatic carbocycles. The van der Waals surface area contributed by atoms with Gasteiger partial charge in [-0.1, -0.05) is 13.8 Å². The van der Waals surface area contributed by atoms with E-state index in [1.807, 2.05) is 0 Å². The molecule has 0 amide bonds. The van der Waals surface area contributed by atoms with Crippen molar-refractivity contribution in [2.45, 2.75) is 26.8 Å². The molecule has 0 radical (unpaired) electrons. The second-order valence-electron chi connectivity index (χ2n) is 4.56. The van der Waals surface area contributed by atoms with Gasteiger partial charge in [-0.25, -0.2) is 4.98 Å².